The van der Waals surface area contributed by atoms with Crippen LogP contribution in [-0.2, 0) is 0 Å². The molecule has 0 aliphatic heterocycles. The van der Waals surface area contributed by atoms with Crippen LogP contribution in [0.2, 0.25) is 5.02 Å². The molecule has 0 fully saturated rings. The van der Waals surface area contributed by atoms with Gasteiger partial charge in [-0.1, -0.05) is 11.6 Å². The predicted molar refractivity (Wildman–Crippen MR) is 68.0 cm³/mol. The second-order valence-electron chi connectivity index (χ2n) is 3.30. The molecule has 2 aromatic carbocycles. The third-order valence-electron chi connectivity index (χ3n) is 2.10. The van der Waals surface area contributed by atoms with Crippen molar-refractivity contribution in [2.45, 2.75) is 0 Å². The second kappa shape index (κ2) is 5.61. The molecule has 0 atom stereocenters. The van der Waals surface area contributed by atoms with E-state index in [1.54, 1.807) is 48.5 Å². The zero-order valence-corrected chi connectivity index (χ0v) is 9.72. The number of halogens is 1. The van der Waals surface area contributed by atoms with E-state index in [2.05, 4.69) is 0 Å². The number of ether oxygens (including phenoxy) is 1. The Labute approximate surface area is 105 Å². The van der Waals surface area contributed by atoms with Crippen LogP contribution >= 0.6 is 11.6 Å². The molecule has 0 radical (unpaired) electrons. The maximum atomic E-state index is 8.58. The maximum Gasteiger partial charge on any atom is 0.504 e. The van der Waals surface area contributed by atoms with E-state index < -0.39 is 0 Å². The number of rotatable bonds is 4. The first kappa shape index (κ1) is 11.8. The maximum absolute atomic E-state index is 8.58. The van der Waals surface area contributed by atoms with E-state index in [1.807, 2.05) is 0 Å². The molecule has 3 nitrogen and oxygen atoms in total. The highest BCUT2D eigenvalue weighted by molar-refractivity contribution is 6.30. The minimum atomic E-state index is -0.336. The fraction of sp³-hybridized carbons (Fsp3) is 0. The summed E-state index contributed by atoms with van der Waals surface area (Å²) in [5, 5.41) is 9.25. The van der Waals surface area contributed by atoms with Gasteiger partial charge in [-0.3, -0.25) is 0 Å². The largest absolute Gasteiger partial charge is 0.539 e. The van der Waals surface area contributed by atoms with Gasteiger partial charge in [-0.25, -0.2) is 0 Å². The first-order valence-electron chi connectivity index (χ1n) is 5.05. The molecule has 0 aliphatic carbocycles. The lowest BCUT2D eigenvalue weighted by Crippen LogP contribution is -1.99. The second-order valence-corrected chi connectivity index (χ2v) is 3.74. The normalized spacial score (nSPS) is 9.76. The van der Waals surface area contributed by atoms with Crippen molar-refractivity contribution in [1.29, 1.82) is 0 Å². The smallest absolute Gasteiger partial charge is 0.504 e. The lowest BCUT2D eigenvalue weighted by molar-refractivity contribution is 0.450. The molecule has 1 N–H and O–H groups in total. The quantitative estimate of drug-likeness (QED) is 0.846. The Hall–Kier alpha value is -1.65. The molecule has 0 unspecified atom stereocenters. The summed E-state index contributed by atoms with van der Waals surface area (Å²) in [5.41, 5.74) is 0. The monoisotopic (exact) mass is 248 g/mol. The van der Waals surface area contributed by atoms with Gasteiger partial charge in [0.05, 0.1) is 0 Å². The van der Waals surface area contributed by atoms with Crippen LogP contribution in [0.5, 0.6) is 17.2 Å². The molecular weight excluding hydrogens is 238 g/mol. The van der Waals surface area contributed by atoms with Gasteiger partial charge in [0.15, 0.2) is 0 Å². The summed E-state index contributed by atoms with van der Waals surface area (Å²) in [6, 6.07) is 14.1. The molecule has 0 bridgehead atoms. The lowest BCUT2D eigenvalue weighted by atomic mass is 10.3. The molecule has 2 aromatic rings. The Bertz CT molecular complexity index is 470. The molecule has 0 amide bonds. The Balaban J connectivity index is 2.05. The predicted octanol–water partition coefficient (Wildman–Crippen LogP) is 2.77. The summed E-state index contributed by atoms with van der Waals surface area (Å²) in [7, 11) is -0.336. The van der Waals surface area contributed by atoms with Crippen molar-refractivity contribution >= 4 is 19.3 Å². The number of hydrogen-bond acceptors (Lipinski definition) is 3. The van der Waals surface area contributed by atoms with E-state index in [1.165, 1.54) is 0 Å². The van der Waals surface area contributed by atoms with Crippen LogP contribution in [-0.4, -0.2) is 12.7 Å². The van der Waals surface area contributed by atoms with Crippen molar-refractivity contribution in [3.8, 4) is 17.2 Å². The van der Waals surface area contributed by atoms with E-state index in [0.29, 0.717) is 22.3 Å². The van der Waals surface area contributed by atoms with Crippen LogP contribution in [0.1, 0.15) is 0 Å². The lowest BCUT2D eigenvalue weighted by Gasteiger charge is -2.07. The average Bonchev–Trinajstić information content (AvgIpc) is 2.35. The van der Waals surface area contributed by atoms with Gasteiger partial charge in [-0.2, -0.15) is 0 Å². The van der Waals surface area contributed by atoms with Crippen molar-refractivity contribution < 1.29 is 14.4 Å². The highest BCUT2D eigenvalue weighted by Gasteiger charge is 1.98. The van der Waals surface area contributed by atoms with Crippen LogP contribution in [0.4, 0.5) is 0 Å². The van der Waals surface area contributed by atoms with Gasteiger partial charge in [-0.05, 0) is 48.5 Å². The van der Waals surface area contributed by atoms with Gasteiger partial charge in [0, 0.05) is 5.02 Å². The number of hydrogen-bond donors (Lipinski definition) is 1. The zero-order chi connectivity index (χ0) is 12.1. The Morgan fingerprint density at radius 3 is 1.82 bits per heavy atom. The summed E-state index contributed by atoms with van der Waals surface area (Å²) in [4.78, 5) is 0. The third-order valence-corrected chi connectivity index (χ3v) is 2.36. The fourth-order valence-corrected chi connectivity index (χ4v) is 1.44. The molecule has 5 heteroatoms. The van der Waals surface area contributed by atoms with Crippen molar-refractivity contribution in [3.05, 3.63) is 53.6 Å². The molecule has 17 heavy (non-hydrogen) atoms. The summed E-state index contributed by atoms with van der Waals surface area (Å²) in [6.07, 6.45) is 0. The van der Waals surface area contributed by atoms with Crippen molar-refractivity contribution in [3.63, 3.8) is 0 Å². The molecule has 2 rings (SSSR count). The first-order chi connectivity index (χ1) is 8.28. The minimum absolute atomic E-state index is 0.336. The third kappa shape index (κ3) is 3.41. The van der Waals surface area contributed by atoms with Crippen LogP contribution in [0.15, 0.2) is 48.5 Å². The highest BCUT2D eigenvalue weighted by Crippen LogP contribution is 2.24. The zero-order valence-electron chi connectivity index (χ0n) is 8.97. The van der Waals surface area contributed by atoms with E-state index in [9.17, 15) is 0 Å². The van der Waals surface area contributed by atoms with Crippen LogP contribution in [0.3, 0.4) is 0 Å². The van der Waals surface area contributed by atoms with E-state index >= 15 is 0 Å². The summed E-state index contributed by atoms with van der Waals surface area (Å²) >= 11 is 5.77. The van der Waals surface area contributed by atoms with E-state index in [0.717, 1.165) is 0 Å². The summed E-state index contributed by atoms with van der Waals surface area (Å²) < 4.78 is 10.5. The molecule has 0 aliphatic rings. The van der Waals surface area contributed by atoms with Gasteiger partial charge in [0.2, 0.25) is 0 Å². The summed E-state index contributed by atoms with van der Waals surface area (Å²) in [5.74, 6) is 2.00. The van der Waals surface area contributed by atoms with Gasteiger partial charge in [0.25, 0.3) is 0 Å². The molecule has 0 saturated carbocycles. The van der Waals surface area contributed by atoms with Crippen LogP contribution < -0.4 is 9.39 Å². The van der Waals surface area contributed by atoms with Gasteiger partial charge in [-0.15, -0.1) is 0 Å². The van der Waals surface area contributed by atoms with Crippen molar-refractivity contribution in [2.75, 3.05) is 0 Å². The minimum Gasteiger partial charge on any atom is -0.539 e. The van der Waals surface area contributed by atoms with Gasteiger partial charge < -0.3 is 14.4 Å². The van der Waals surface area contributed by atoms with Crippen LogP contribution in [0, 0.1) is 0 Å². The fourth-order valence-electron chi connectivity index (χ4n) is 1.32. The highest BCUT2D eigenvalue weighted by atomic mass is 35.5. The van der Waals surface area contributed by atoms with Gasteiger partial charge >= 0.3 is 7.69 Å². The SMILES string of the molecule is OBOc1ccc(Oc2ccc(Cl)cc2)cc1. The average molecular weight is 248 g/mol. The van der Waals surface area contributed by atoms with Crippen LogP contribution in [0.25, 0.3) is 0 Å². The topological polar surface area (TPSA) is 38.7 Å². The van der Waals surface area contributed by atoms with E-state index in [-0.39, 0.29) is 7.69 Å². The number of benzene rings is 2. The molecule has 0 spiro atoms. The van der Waals surface area contributed by atoms with Crippen molar-refractivity contribution in [1.82, 2.24) is 0 Å². The Morgan fingerprint density at radius 1 is 0.824 bits per heavy atom. The molecule has 0 heterocycles. The first-order valence-corrected chi connectivity index (χ1v) is 5.43. The molecular formula is C12H10BClO3. The molecule has 0 aromatic heterocycles. The standard InChI is InChI=1S/C12H10BClO3/c14-9-1-3-10(4-2-9)16-11-5-7-12(8-6-11)17-13-15/h1-8,13,15H. The molecule has 0 saturated heterocycles. The Morgan fingerprint density at radius 2 is 1.29 bits per heavy atom. The van der Waals surface area contributed by atoms with Gasteiger partial charge in [0.1, 0.15) is 17.2 Å². The summed E-state index contributed by atoms with van der Waals surface area (Å²) in [6.45, 7) is 0. The van der Waals surface area contributed by atoms with E-state index in [4.69, 9.17) is 26.0 Å². The Kier molecular flexibility index (Phi) is 3.91. The van der Waals surface area contributed by atoms with Crippen molar-refractivity contribution in [2.24, 2.45) is 0 Å². The molecule has 86 valence electrons.